The molecule has 0 aromatic rings. The zero-order valence-corrected chi connectivity index (χ0v) is 11.3. The van der Waals surface area contributed by atoms with Gasteiger partial charge in [0.05, 0.1) is 6.17 Å². The number of nitrogens with one attached hydrogen (secondary N) is 2. The second-order valence-corrected chi connectivity index (χ2v) is 4.81. The van der Waals surface area contributed by atoms with Gasteiger partial charge >= 0.3 is 0 Å². The minimum atomic E-state index is 0.448. The van der Waals surface area contributed by atoms with Crippen LogP contribution < -0.4 is 10.6 Å². The summed E-state index contributed by atoms with van der Waals surface area (Å²) in [5, 5.41) is 7.01. The van der Waals surface area contributed by atoms with Crippen molar-refractivity contribution >= 4 is 10.2 Å². The van der Waals surface area contributed by atoms with Crippen LogP contribution in [0, 0.1) is 0 Å². The van der Waals surface area contributed by atoms with Crippen molar-refractivity contribution in [1.82, 2.24) is 10.6 Å². The van der Waals surface area contributed by atoms with Crippen LogP contribution in [0.1, 0.15) is 26.7 Å². The molecule has 3 heteroatoms. The van der Waals surface area contributed by atoms with Gasteiger partial charge in [-0.05, 0) is 31.5 Å². The quantitative estimate of drug-likeness (QED) is 0.342. The second-order valence-electron chi connectivity index (χ2n) is 3.48. The van der Waals surface area contributed by atoms with E-state index in [0.717, 1.165) is 23.3 Å². The van der Waals surface area contributed by atoms with Crippen molar-refractivity contribution in [3.05, 3.63) is 12.7 Å². The monoisotopic (exact) mass is 200 g/mol. The Kier molecular flexibility index (Phi) is 8.39. The third-order valence-corrected chi connectivity index (χ3v) is 3.26. The molecule has 0 aliphatic heterocycles. The number of hydrogen-bond donors (Lipinski definition) is 2. The van der Waals surface area contributed by atoms with Gasteiger partial charge < -0.3 is 10.6 Å². The zero-order valence-electron chi connectivity index (χ0n) is 9.27. The van der Waals surface area contributed by atoms with Crippen molar-refractivity contribution in [3.8, 4) is 0 Å². The van der Waals surface area contributed by atoms with Crippen LogP contribution in [-0.4, -0.2) is 29.5 Å². The first kappa shape index (κ1) is 12.9. The second kappa shape index (κ2) is 8.47. The lowest BCUT2D eigenvalue weighted by Crippen LogP contribution is -2.45. The number of hydrogen-bond acceptors (Lipinski definition) is 2. The lowest BCUT2D eigenvalue weighted by molar-refractivity contribution is 0.428. The number of rotatable bonds is 8. The minimum absolute atomic E-state index is 0.448. The van der Waals surface area contributed by atoms with Gasteiger partial charge in [-0.1, -0.05) is 19.9 Å². The first-order valence-corrected chi connectivity index (χ1v) is 6.51. The summed E-state index contributed by atoms with van der Waals surface area (Å²) in [7, 11) is 1.16. The van der Waals surface area contributed by atoms with Crippen LogP contribution >= 0.6 is 0 Å². The molecule has 0 fully saturated rings. The lowest BCUT2D eigenvalue weighted by atomic mass is 10.3. The van der Waals surface area contributed by atoms with Gasteiger partial charge in [-0.25, -0.2) is 0 Å². The van der Waals surface area contributed by atoms with Crippen LogP contribution in [0.15, 0.2) is 12.7 Å². The molecule has 0 radical (unpaired) electrons. The predicted molar refractivity (Wildman–Crippen MR) is 64.3 cm³/mol. The molecule has 1 atom stereocenters. The van der Waals surface area contributed by atoms with Crippen LogP contribution in [0.25, 0.3) is 0 Å². The van der Waals surface area contributed by atoms with Crippen LogP contribution in [0.2, 0.25) is 5.54 Å². The largest absolute Gasteiger partial charge is 0.302 e. The maximum atomic E-state index is 3.85. The molecule has 0 aromatic heterocycles. The average molecular weight is 200 g/mol. The topological polar surface area (TPSA) is 24.1 Å². The normalized spacial score (nSPS) is 13.5. The summed E-state index contributed by atoms with van der Waals surface area (Å²) in [6, 6.07) is 0. The van der Waals surface area contributed by atoms with E-state index in [1.54, 1.807) is 0 Å². The van der Waals surface area contributed by atoms with Crippen molar-refractivity contribution in [2.75, 3.05) is 13.1 Å². The Bertz CT molecular complexity index is 120. The summed E-state index contributed by atoms with van der Waals surface area (Å²) < 4.78 is 0. The molecular weight excluding hydrogens is 176 g/mol. The maximum Gasteiger partial charge on any atom is 0.0601 e. The first-order chi connectivity index (χ1) is 6.26. The molecular formula is C10H24N2Si. The van der Waals surface area contributed by atoms with Crippen LogP contribution in [0.3, 0.4) is 0 Å². The summed E-state index contributed by atoms with van der Waals surface area (Å²) in [4.78, 5) is 0. The van der Waals surface area contributed by atoms with Crippen LogP contribution in [-0.2, 0) is 0 Å². The van der Waals surface area contributed by atoms with E-state index in [9.17, 15) is 0 Å². The molecule has 0 aromatic carbocycles. The zero-order chi connectivity index (χ0) is 10.1. The van der Waals surface area contributed by atoms with E-state index in [-0.39, 0.29) is 0 Å². The van der Waals surface area contributed by atoms with Crippen molar-refractivity contribution in [1.29, 1.82) is 0 Å². The minimum Gasteiger partial charge on any atom is -0.302 e. The maximum absolute atomic E-state index is 3.85. The molecule has 0 aliphatic rings. The van der Waals surface area contributed by atoms with E-state index in [1.807, 2.05) is 0 Å². The summed E-state index contributed by atoms with van der Waals surface area (Å²) in [5.74, 6) is 0. The molecule has 0 bridgehead atoms. The fourth-order valence-corrected chi connectivity index (χ4v) is 1.65. The molecule has 0 spiro atoms. The van der Waals surface area contributed by atoms with Crippen molar-refractivity contribution in [2.45, 2.75) is 38.4 Å². The van der Waals surface area contributed by atoms with E-state index >= 15 is 0 Å². The molecule has 2 nitrogen and oxygen atoms in total. The SMILES string of the molecule is C=CC([SiH3])C(NCCC)NCCC. The average Bonchev–Trinajstić information content (AvgIpc) is 2.17. The fraction of sp³-hybridized carbons (Fsp3) is 0.800. The Hall–Kier alpha value is -0.123. The van der Waals surface area contributed by atoms with Gasteiger partial charge in [-0.3, -0.25) is 0 Å². The smallest absolute Gasteiger partial charge is 0.0601 e. The van der Waals surface area contributed by atoms with Crippen molar-refractivity contribution in [3.63, 3.8) is 0 Å². The highest BCUT2D eigenvalue weighted by Gasteiger charge is 2.11. The Labute approximate surface area is 85.6 Å². The Morgan fingerprint density at radius 1 is 1.23 bits per heavy atom. The van der Waals surface area contributed by atoms with E-state index in [1.165, 1.54) is 12.8 Å². The predicted octanol–water partition coefficient (Wildman–Crippen LogP) is 0.652. The molecule has 0 aliphatic carbocycles. The van der Waals surface area contributed by atoms with Gasteiger partial charge in [0.25, 0.3) is 0 Å². The highest BCUT2D eigenvalue weighted by Crippen LogP contribution is 2.04. The molecule has 78 valence electrons. The van der Waals surface area contributed by atoms with E-state index in [0.29, 0.717) is 11.7 Å². The fourth-order valence-electron chi connectivity index (χ4n) is 1.18. The molecule has 0 saturated carbocycles. The summed E-state index contributed by atoms with van der Waals surface area (Å²) in [6.07, 6.45) is 4.89. The van der Waals surface area contributed by atoms with E-state index < -0.39 is 0 Å². The van der Waals surface area contributed by atoms with E-state index in [4.69, 9.17) is 0 Å². The van der Waals surface area contributed by atoms with Gasteiger partial charge in [0.2, 0.25) is 0 Å². The third-order valence-electron chi connectivity index (χ3n) is 2.13. The van der Waals surface area contributed by atoms with Crippen molar-refractivity contribution in [2.24, 2.45) is 0 Å². The standard InChI is InChI=1S/C10H24N2Si/c1-4-7-11-10(9(13)6-3)12-8-5-2/h6,9-12H,3-5,7-8H2,1-2,13H3. The third kappa shape index (κ3) is 6.02. The van der Waals surface area contributed by atoms with Crippen molar-refractivity contribution < 1.29 is 0 Å². The first-order valence-electron chi connectivity index (χ1n) is 5.35. The summed E-state index contributed by atoms with van der Waals surface area (Å²) in [5.41, 5.74) is 0.623. The summed E-state index contributed by atoms with van der Waals surface area (Å²) in [6.45, 7) is 10.4. The summed E-state index contributed by atoms with van der Waals surface area (Å²) >= 11 is 0. The molecule has 2 N–H and O–H groups in total. The lowest BCUT2D eigenvalue weighted by Gasteiger charge is -2.24. The molecule has 13 heavy (non-hydrogen) atoms. The Balaban J connectivity index is 3.79. The van der Waals surface area contributed by atoms with Crippen LogP contribution in [0.5, 0.6) is 0 Å². The van der Waals surface area contributed by atoms with Gasteiger partial charge in [-0.15, -0.1) is 6.58 Å². The Morgan fingerprint density at radius 3 is 2.00 bits per heavy atom. The van der Waals surface area contributed by atoms with Gasteiger partial charge in [-0.2, -0.15) is 0 Å². The molecule has 0 rings (SSSR count). The highest BCUT2D eigenvalue weighted by molar-refractivity contribution is 6.13. The molecule has 0 amide bonds. The Morgan fingerprint density at radius 2 is 1.69 bits per heavy atom. The van der Waals surface area contributed by atoms with Gasteiger partial charge in [0.1, 0.15) is 0 Å². The molecule has 0 heterocycles. The van der Waals surface area contributed by atoms with Crippen LogP contribution in [0.4, 0.5) is 0 Å². The van der Waals surface area contributed by atoms with Gasteiger partial charge in [0.15, 0.2) is 0 Å². The van der Waals surface area contributed by atoms with Gasteiger partial charge in [0, 0.05) is 10.2 Å². The van der Waals surface area contributed by atoms with E-state index in [2.05, 4.69) is 37.1 Å². The molecule has 1 unspecified atom stereocenters. The molecule has 0 saturated heterocycles. The highest BCUT2D eigenvalue weighted by atomic mass is 28.1.